The molecule has 0 aliphatic carbocycles. The Morgan fingerprint density at radius 2 is 2.06 bits per heavy atom. The van der Waals surface area contributed by atoms with Crippen molar-refractivity contribution in [3.63, 3.8) is 0 Å². The highest BCUT2D eigenvalue weighted by Crippen LogP contribution is 2.25. The second-order valence-electron chi connectivity index (χ2n) is 4.25. The molecule has 0 radical (unpaired) electrons. The van der Waals surface area contributed by atoms with E-state index in [1.165, 1.54) is 7.11 Å². The molecule has 0 fully saturated rings. The average molecular weight is 244 g/mol. The summed E-state index contributed by atoms with van der Waals surface area (Å²) in [7, 11) is 5.14. The summed E-state index contributed by atoms with van der Waals surface area (Å²) in [6, 6.07) is 7.86. The van der Waals surface area contributed by atoms with Crippen molar-refractivity contribution in [2.24, 2.45) is 0 Å². The molecule has 0 bridgehead atoms. The van der Waals surface area contributed by atoms with Gasteiger partial charge in [-0.25, -0.2) is 4.79 Å². The lowest BCUT2D eigenvalue weighted by molar-refractivity contribution is -0.133. The molecule has 18 heavy (non-hydrogen) atoms. The van der Waals surface area contributed by atoms with Gasteiger partial charge >= 0.3 is 5.97 Å². The lowest BCUT2D eigenvalue weighted by Gasteiger charge is -2.09. The van der Waals surface area contributed by atoms with E-state index in [-0.39, 0.29) is 5.97 Å². The summed E-state index contributed by atoms with van der Waals surface area (Å²) in [6.45, 7) is 0. The van der Waals surface area contributed by atoms with E-state index in [1.807, 2.05) is 49.5 Å². The molecule has 0 atom stereocenters. The molecular formula is C14H16N2O2. The van der Waals surface area contributed by atoms with E-state index in [4.69, 9.17) is 4.74 Å². The number of methoxy groups -OCH3 is 1. The van der Waals surface area contributed by atoms with Crippen LogP contribution in [0.15, 0.2) is 36.7 Å². The third-order valence-electron chi connectivity index (χ3n) is 2.67. The number of fused-ring (bicyclic) bond motifs is 1. The molecule has 94 valence electrons. The minimum absolute atomic E-state index is 0.339. The monoisotopic (exact) mass is 244 g/mol. The second kappa shape index (κ2) is 4.96. The molecule has 0 saturated heterocycles. The van der Waals surface area contributed by atoms with Crippen LogP contribution in [0.5, 0.6) is 0 Å². The van der Waals surface area contributed by atoms with E-state index in [9.17, 15) is 4.79 Å². The topological polar surface area (TPSA) is 45.3 Å². The summed E-state index contributed by atoms with van der Waals surface area (Å²) in [5, 5.41) is 1.01. The van der Waals surface area contributed by atoms with Gasteiger partial charge in [0.25, 0.3) is 0 Å². The Bertz CT molecular complexity index is 597. The number of nitrogens with zero attached hydrogens (tertiary/aromatic N) is 1. The zero-order valence-corrected chi connectivity index (χ0v) is 10.7. The fourth-order valence-corrected chi connectivity index (χ4v) is 1.89. The number of carbonyl (C=O) groups is 1. The van der Waals surface area contributed by atoms with Crippen LogP contribution in [0.4, 0.5) is 0 Å². The van der Waals surface area contributed by atoms with Crippen molar-refractivity contribution >= 4 is 22.4 Å². The van der Waals surface area contributed by atoms with E-state index in [0.717, 1.165) is 16.5 Å². The third-order valence-corrected chi connectivity index (χ3v) is 2.67. The van der Waals surface area contributed by atoms with E-state index >= 15 is 0 Å². The number of esters is 1. The van der Waals surface area contributed by atoms with E-state index in [0.29, 0.717) is 5.57 Å². The first-order valence-corrected chi connectivity index (χ1v) is 5.66. The molecule has 4 heteroatoms. The van der Waals surface area contributed by atoms with Gasteiger partial charge in [-0.3, -0.25) is 0 Å². The molecule has 0 saturated carbocycles. The summed E-state index contributed by atoms with van der Waals surface area (Å²) < 4.78 is 4.84. The maximum absolute atomic E-state index is 11.9. The lowest BCUT2D eigenvalue weighted by atomic mass is 10.1. The average Bonchev–Trinajstić information content (AvgIpc) is 2.78. The van der Waals surface area contributed by atoms with Crippen LogP contribution in [-0.2, 0) is 9.53 Å². The SMILES string of the molecule is COC(=O)C(=CN(C)C)c1c[nH]c2ccccc12. The van der Waals surface area contributed by atoms with Gasteiger partial charge < -0.3 is 14.6 Å². The maximum Gasteiger partial charge on any atom is 0.340 e. The quantitative estimate of drug-likeness (QED) is 0.665. The molecular weight excluding hydrogens is 228 g/mol. The zero-order valence-electron chi connectivity index (χ0n) is 10.7. The van der Waals surface area contributed by atoms with E-state index < -0.39 is 0 Å². The highest BCUT2D eigenvalue weighted by Gasteiger charge is 2.16. The van der Waals surface area contributed by atoms with Gasteiger partial charge in [-0.2, -0.15) is 0 Å². The number of rotatable bonds is 3. The molecule has 1 aromatic heterocycles. The maximum atomic E-state index is 11.9. The number of aromatic nitrogens is 1. The van der Waals surface area contributed by atoms with E-state index in [2.05, 4.69) is 4.98 Å². The lowest BCUT2D eigenvalue weighted by Crippen LogP contribution is -2.09. The number of carbonyl (C=O) groups excluding carboxylic acids is 1. The summed E-state index contributed by atoms with van der Waals surface area (Å²) in [6.07, 6.45) is 3.60. The Morgan fingerprint density at radius 3 is 2.72 bits per heavy atom. The number of hydrogen-bond acceptors (Lipinski definition) is 3. The molecule has 0 aliphatic heterocycles. The fourth-order valence-electron chi connectivity index (χ4n) is 1.89. The largest absolute Gasteiger partial charge is 0.465 e. The van der Waals surface area contributed by atoms with Crippen molar-refractivity contribution in [3.8, 4) is 0 Å². The van der Waals surface area contributed by atoms with Crippen LogP contribution in [0, 0.1) is 0 Å². The van der Waals surface area contributed by atoms with Crippen molar-refractivity contribution in [1.82, 2.24) is 9.88 Å². The van der Waals surface area contributed by atoms with Gasteiger partial charge in [0.15, 0.2) is 0 Å². The van der Waals surface area contributed by atoms with Gasteiger partial charge in [-0.05, 0) is 6.07 Å². The third kappa shape index (κ3) is 2.22. The molecule has 0 aliphatic rings. The highest BCUT2D eigenvalue weighted by molar-refractivity contribution is 6.20. The van der Waals surface area contributed by atoms with Gasteiger partial charge in [0, 0.05) is 43.0 Å². The number of para-hydroxylation sites is 1. The minimum atomic E-state index is -0.339. The molecule has 1 heterocycles. The van der Waals surface area contributed by atoms with Crippen molar-refractivity contribution < 1.29 is 9.53 Å². The van der Waals surface area contributed by atoms with Crippen LogP contribution in [0.25, 0.3) is 16.5 Å². The number of benzene rings is 1. The number of nitrogens with one attached hydrogen (secondary N) is 1. The first kappa shape index (κ1) is 12.2. The Balaban J connectivity index is 2.58. The van der Waals surface area contributed by atoms with Gasteiger partial charge in [0.1, 0.15) is 0 Å². The number of H-pyrrole nitrogens is 1. The first-order chi connectivity index (χ1) is 8.63. The van der Waals surface area contributed by atoms with Crippen LogP contribution < -0.4 is 0 Å². The van der Waals surface area contributed by atoms with Gasteiger partial charge in [-0.15, -0.1) is 0 Å². The summed E-state index contributed by atoms with van der Waals surface area (Å²) in [5.41, 5.74) is 2.40. The summed E-state index contributed by atoms with van der Waals surface area (Å²) in [4.78, 5) is 16.8. The van der Waals surface area contributed by atoms with Crippen molar-refractivity contribution in [3.05, 3.63) is 42.2 Å². The smallest absolute Gasteiger partial charge is 0.340 e. The molecule has 0 spiro atoms. The van der Waals surface area contributed by atoms with Crippen LogP contribution in [0.3, 0.4) is 0 Å². The van der Waals surface area contributed by atoms with Crippen molar-refractivity contribution in [2.75, 3.05) is 21.2 Å². The molecule has 0 amide bonds. The number of ether oxygens (including phenoxy) is 1. The van der Waals surface area contributed by atoms with Crippen LogP contribution in [-0.4, -0.2) is 37.1 Å². The predicted molar refractivity (Wildman–Crippen MR) is 72.0 cm³/mol. The molecule has 2 aromatic rings. The highest BCUT2D eigenvalue weighted by atomic mass is 16.5. The van der Waals surface area contributed by atoms with Crippen molar-refractivity contribution in [2.45, 2.75) is 0 Å². The summed E-state index contributed by atoms with van der Waals surface area (Å²) in [5.74, 6) is -0.339. The minimum Gasteiger partial charge on any atom is -0.465 e. The van der Waals surface area contributed by atoms with Crippen molar-refractivity contribution in [1.29, 1.82) is 0 Å². The Hall–Kier alpha value is -2.23. The van der Waals surface area contributed by atoms with Crippen LogP contribution in [0.1, 0.15) is 5.56 Å². The Kier molecular flexibility index (Phi) is 3.37. The van der Waals surface area contributed by atoms with Gasteiger partial charge in [0.05, 0.1) is 12.7 Å². The molecule has 0 unspecified atom stereocenters. The Morgan fingerprint density at radius 1 is 1.33 bits per heavy atom. The molecule has 2 rings (SSSR count). The normalized spacial score (nSPS) is 11.6. The van der Waals surface area contributed by atoms with Crippen LogP contribution >= 0.6 is 0 Å². The van der Waals surface area contributed by atoms with Crippen LogP contribution in [0.2, 0.25) is 0 Å². The van der Waals surface area contributed by atoms with Gasteiger partial charge in [0.2, 0.25) is 0 Å². The van der Waals surface area contributed by atoms with E-state index in [1.54, 1.807) is 6.20 Å². The zero-order chi connectivity index (χ0) is 13.1. The number of hydrogen-bond donors (Lipinski definition) is 1. The first-order valence-electron chi connectivity index (χ1n) is 5.66. The predicted octanol–water partition coefficient (Wildman–Crippen LogP) is 2.24. The molecule has 4 nitrogen and oxygen atoms in total. The standard InChI is InChI=1S/C14H16N2O2/c1-16(2)9-12(14(17)18-3)11-8-15-13-7-5-4-6-10(11)13/h4-9,15H,1-3H3. The van der Waals surface area contributed by atoms with Gasteiger partial charge in [-0.1, -0.05) is 18.2 Å². The number of aromatic amines is 1. The Labute approximate surface area is 106 Å². The molecule has 1 aromatic carbocycles. The summed E-state index contributed by atoms with van der Waals surface area (Å²) >= 11 is 0. The second-order valence-corrected chi connectivity index (χ2v) is 4.25. The molecule has 1 N–H and O–H groups in total. The fraction of sp³-hybridized carbons (Fsp3) is 0.214.